The van der Waals surface area contributed by atoms with E-state index >= 15 is 0 Å². The highest BCUT2D eigenvalue weighted by molar-refractivity contribution is 6.30. The van der Waals surface area contributed by atoms with Gasteiger partial charge in [-0.25, -0.2) is 4.68 Å². The van der Waals surface area contributed by atoms with Crippen LogP contribution in [0.15, 0.2) is 60.8 Å². The van der Waals surface area contributed by atoms with Crippen molar-refractivity contribution < 1.29 is 0 Å². The topological polar surface area (TPSA) is 30.7 Å². The lowest BCUT2D eigenvalue weighted by molar-refractivity contribution is 0.650. The molecular formula is C15H12ClN3. The van der Waals surface area contributed by atoms with E-state index in [1.54, 1.807) is 0 Å². The minimum atomic E-state index is 0.723. The lowest BCUT2D eigenvalue weighted by Crippen LogP contribution is -1.99. The Morgan fingerprint density at radius 1 is 0.947 bits per heavy atom. The first kappa shape index (κ1) is 11.9. The zero-order valence-corrected chi connectivity index (χ0v) is 11.0. The van der Waals surface area contributed by atoms with Gasteiger partial charge < -0.3 is 0 Å². The van der Waals surface area contributed by atoms with Gasteiger partial charge in [-0.1, -0.05) is 59.3 Å². The fourth-order valence-corrected chi connectivity index (χ4v) is 2.03. The van der Waals surface area contributed by atoms with E-state index in [0.29, 0.717) is 0 Å². The standard InChI is InChI=1S/C15H12ClN3/c16-14-8-6-13(7-9-14)15-11-19(18-17-15)10-12-4-2-1-3-5-12/h1-9,11H,10H2. The molecule has 0 spiro atoms. The van der Waals surface area contributed by atoms with Crippen LogP contribution in [0.2, 0.25) is 5.02 Å². The Morgan fingerprint density at radius 2 is 1.68 bits per heavy atom. The molecule has 1 aromatic heterocycles. The molecule has 3 nitrogen and oxygen atoms in total. The third-order valence-corrected chi connectivity index (χ3v) is 3.12. The number of aromatic nitrogens is 3. The molecule has 0 aliphatic rings. The van der Waals surface area contributed by atoms with Crippen molar-refractivity contribution >= 4 is 11.6 Å². The Morgan fingerprint density at radius 3 is 2.42 bits per heavy atom. The summed E-state index contributed by atoms with van der Waals surface area (Å²) in [6.45, 7) is 0.724. The third-order valence-electron chi connectivity index (χ3n) is 2.87. The molecule has 4 heteroatoms. The van der Waals surface area contributed by atoms with Crippen LogP contribution >= 0.6 is 11.6 Å². The Hall–Kier alpha value is -2.13. The van der Waals surface area contributed by atoms with Crippen molar-refractivity contribution in [2.45, 2.75) is 6.54 Å². The molecule has 0 unspecified atom stereocenters. The second kappa shape index (κ2) is 5.24. The molecular weight excluding hydrogens is 258 g/mol. The number of halogens is 1. The highest BCUT2D eigenvalue weighted by atomic mass is 35.5. The molecule has 0 N–H and O–H groups in total. The van der Waals surface area contributed by atoms with Crippen LogP contribution in [0.5, 0.6) is 0 Å². The van der Waals surface area contributed by atoms with Crippen molar-refractivity contribution in [2.75, 3.05) is 0 Å². The van der Waals surface area contributed by atoms with Gasteiger partial charge in [0.05, 0.1) is 12.7 Å². The first-order valence-electron chi connectivity index (χ1n) is 6.01. The van der Waals surface area contributed by atoms with E-state index < -0.39 is 0 Å². The van der Waals surface area contributed by atoms with Crippen LogP contribution in [0.4, 0.5) is 0 Å². The van der Waals surface area contributed by atoms with Gasteiger partial charge in [0.25, 0.3) is 0 Å². The summed E-state index contributed by atoms with van der Waals surface area (Å²) in [6, 6.07) is 17.8. The quantitative estimate of drug-likeness (QED) is 0.727. The molecule has 0 aliphatic heterocycles. The molecule has 0 bridgehead atoms. The molecule has 0 aliphatic carbocycles. The Kier molecular flexibility index (Phi) is 3.29. The summed E-state index contributed by atoms with van der Waals surface area (Å²) in [7, 11) is 0. The number of hydrogen-bond acceptors (Lipinski definition) is 2. The molecule has 0 fully saturated rings. The van der Waals surface area contributed by atoms with Crippen molar-refractivity contribution in [1.29, 1.82) is 0 Å². The lowest BCUT2D eigenvalue weighted by atomic mass is 10.2. The zero-order valence-electron chi connectivity index (χ0n) is 10.2. The van der Waals surface area contributed by atoms with Gasteiger partial charge in [0.15, 0.2) is 0 Å². The molecule has 2 aromatic carbocycles. The van der Waals surface area contributed by atoms with Crippen LogP contribution in [0.25, 0.3) is 11.3 Å². The van der Waals surface area contributed by atoms with Gasteiger partial charge in [-0.3, -0.25) is 0 Å². The number of rotatable bonds is 3. The fourth-order valence-electron chi connectivity index (χ4n) is 1.90. The normalized spacial score (nSPS) is 10.6. The van der Waals surface area contributed by atoms with E-state index in [2.05, 4.69) is 22.4 Å². The SMILES string of the molecule is Clc1ccc(-c2cn(Cc3ccccc3)nn2)cc1. The molecule has 3 rings (SSSR count). The van der Waals surface area contributed by atoms with Crippen LogP contribution in [-0.4, -0.2) is 15.0 Å². The van der Waals surface area contributed by atoms with Crippen LogP contribution in [-0.2, 0) is 6.54 Å². The van der Waals surface area contributed by atoms with E-state index in [1.165, 1.54) is 5.56 Å². The maximum atomic E-state index is 5.87. The van der Waals surface area contributed by atoms with Gasteiger partial charge in [-0.2, -0.15) is 0 Å². The number of hydrogen-bond donors (Lipinski definition) is 0. The first-order chi connectivity index (χ1) is 9.31. The van der Waals surface area contributed by atoms with Crippen LogP contribution in [0, 0.1) is 0 Å². The fraction of sp³-hybridized carbons (Fsp3) is 0.0667. The van der Waals surface area contributed by atoms with Crippen LogP contribution < -0.4 is 0 Å². The summed E-state index contributed by atoms with van der Waals surface area (Å²) >= 11 is 5.87. The smallest absolute Gasteiger partial charge is 0.113 e. The summed E-state index contributed by atoms with van der Waals surface area (Å²) in [5.41, 5.74) is 3.08. The summed E-state index contributed by atoms with van der Waals surface area (Å²) < 4.78 is 1.83. The molecule has 94 valence electrons. The molecule has 0 atom stereocenters. The van der Waals surface area contributed by atoms with Crippen molar-refractivity contribution in [2.24, 2.45) is 0 Å². The second-order valence-corrected chi connectivity index (χ2v) is 4.73. The van der Waals surface area contributed by atoms with E-state index in [0.717, 1.165) is 22.8 Å². The molecule has 0 amide bonds. The van der Waals surface area contributed by atoms with Gasteiger partial charge in [-0.05, 0) is 17.7 Å². The minimum absolute atomic E-state index is 0.723. The van der Waals surface area contributed by atoms with Gasteiger partial charge in [-0.15, -0.1) is 5.10 Å². The summed E-state index contributed by atoms with van der Waals surface area (Å²) in [5.74, 6) is 0. The predicted octanol–water partition coefficient (Wildman–Crippen LogP) is 3.65. The average Bonchev–Trinajstić information content (AvgIpc) is 2.89. The molecule has 0 saturated carbocycles. The van der Waals surface area contributed by atoms with Crippen LogP contribution in [0.1, 0.15) is 5.56 Å². The highest BCUT2D eigenvalue weighted by Crippen LogP contribution is 2.19. The van der Waals surface area contributed by atoms with E-state index in [1.807, 2.05) is 53.3 Å². The maximum Gasteiger partial charge on any atom is 0.113 e. The molecule has 1 heterocycles. The van der Waals surface area contributed by atoms with E-state index in [9.17, 15) is 0 Å². The Bertz CT molecular complexity index is 659. The van der Waals surface area contributed by atoms with Gasteiger partial charge >= 0.3 is 0 Å². The lowest BCUT2D eigenvalue weighted by Gasteiger charge is -1.99. The number of benzene rings is 2. The van der Waals surface area contributed by atoms with E-state index in [-0.39, 0.29) is 0 Å². The maximum absolute atomic E-state index is 5.87. The Labute approximate surface area is 116 Å². The monoisotopic (exact) mass is 269 g/mol. The summed E-state index contributed by atoms with van der Waals surface area (Å²) in [4.78, 5) is 0. The third kappa shape index (κ3) is 2.83. The first-order valence-corrected chi connectivity index (χ1v) is 6.39. The van der Waals surface area contributed by atoms with Crippen molar-refractivity contribution in [3.8, 4) is 11.3 Å². The summed E-state index contributed by atoms with van der Waals surface area (Å²) in [6.07, 6.45) is 1.94. The van der Waals surface area contributed by atoms with Gasteiger partial charge in [0.1, 0.15) is 5.69 Å². The van der Waals surface area contributed by atoms with Gasteiger partial charge in [0.2, 0.25) is 0 Å². The summed E-state index contributed by atoms with van der Waals surface area (Å²) in [5, 5.41) is 9.05. The predicted molar refractivity (Wildman–Crippen MR) is 76.0 cm³/mol. The molecule has 3 aromatic rings. The van der Waals surface area contributed by atoms with Crippen molar-refractivity contribution in [3.63, 3.8) is 0 Å². The average molecular weight is 270 g/mol. The number of nitrogens with zero attached hydrogens (tertiary/aromatic N) is 3. The molecule has 19 heavy (non-hydrogen) atoms. The second-order valence-electron chi connectivity index (χ2n) is 4.29. The Balaban J connectivity index is 1.82. The van der Waals surface area contributed by atoms with Crippen LogP contribution in [0.3, 0.4) is 0 Å². The highest BCUT2D eigenvalue weighted by Gasteiger charge is 2.04. The van der Waals surface area contributed by atoms with Gasteiger partial charge in [0, 0.05) is 10.6 Å². The molecule has 0 saturated heterocycles. The zero-order chi connectivity index (χ0) is 13.1. The largest absolute Gasteiger partial charge is 0.247 e. The van der Waals surface area contributed by atoms with Crippen molar-refractivity contribution in [3.05, 3.63) is 71.4 Å². The van der Waals surface area contributed by atoms with E-state index in [4.69, 9.17) is 11.6 Å². The molecule has 0 radical (unpaired) electrons. The minimum Gasteiger partial charge on any atom is -0.247 e. The van der Waals surface area contributed by atoms with Crippen molar-refractivity contribution in [1.82, 2.24) is 15.0 Å².